The van der Waals surface area contributed by atoms with Crippen molar-refractivity contribution in [3.05, 3.63) is 35.9 Å². The number of benzene rings is 1. The van der Waals surface area contributed by atoms with Crippen LogP contribution < -0.4 is 5.32 Å². The van der Waals surface area contributed by atoms with E-state index in [0.717, 1.165) is 64.0 Å². The summed E-state index contributed by atoms with van der Waals surface area (Å²) in [6.07, 6.45) is 10.6. The lowest BCUT2D eigenvalue weighted by Crippen LogP contribution is -2.40. The lowest BCUT2D eigenvalue weighted by Gasteiger charge is -2.32. The van der Waals surface area contributed by atoms with Gasteiger partial charge in [-0.05, 0) is 50.0 Å². The Morgan fingerprint density at radius 2 is 1.67 bits per heavy atom. The smallest absolute Gasteiger partial charge is 0.224 e. The number of aryl methyl sites for hydroxylation is 1. The average Bonchev–Trinajstić information content (AvgIpc) is 2.74. The van der Waals surface area contributed by atoms with Crippen LogP contribution in [0, 0.1) is 11.8 Å². The Hall–Kier alpha value is -1.84. The molecule has 4 heteroatoms. The molecule has 1 aromatic rings. The molecule has 0 spiro atoms. The number of likely N-dealkylation sites (tertiary alicyclic amines) is 1. The van der Waals surface area contributed by atoms with Gasteiger partial charge in [-0.15, -0.1) is 0 Å². The van der Waals surface area contributed by atoms with Crippen LogP contribution in [-0.2, 0) is 16.0 Å². The lowest BCUT2D eigenvalue weighted by molar-refractivity contribution is -0.132. The van der Waals surface area contributed by atoms with Crippen LogP contribution in [0.4, 0.5) is 0 Å². The van der Waals surface area contributed by atoms with Gasteiger partial charge in [0, 0.05) is 32.0 Å². The van der Waals surface area contributed by atoms with Crippen molar-refractivity contribution in [1.29, 1.82) is 0 Å². The molecule has 1 N–H and O–H groups in total. The first kappa shape index (κ1) is 19.9. The van der Waals surface area contributed by atoms with Crippen molar-refractivity contribution in [2.75, 3.05) is 19.6 Å². The summed E-state index contributed by atoms with van der Waals surface area (Å²) in [5.74, 6) is 1.25. The molecular formula is C23H34N2O2. The summed E-state index contributed by atoms with van der Waals surface area (Å²) in [4.78, 5) is 26.6. The van der Waals surface area contributed by atoms with Crippen LogP contribution in [0.25, 0.3) is 0 Å². The van der Waals surface area contributed by atoms with Crippen molar-refractivity contribution >= 4 is 11.8 Å². The third-order valence-corrected chi connectivity index (χ3v) is 6.27. The second-order valence-electron chi connectivity index (χ2n) is 8.22. The van der Waals surface area contributed by atoms with Gasteiger partial charge in [-0.2, -0.15) is 0 Å². The van der Waals surface area contributed by atoms with Crippen LogP contribution in [0.1, 0.15) is 63.4 Å². The molecule has 0 unspecified atom stereocenters. The molecule has 1 saturated heterocycles. The second-order valence-corrected chi connectivity index (χ2v) is 8.22. The Morgan fingerprint density at radius 1 is 0.963 bits per heavy atom. The van der Waals surface area contributed by atoms with Crippen molar-refractivity contribution in [2.45, 2.75) is 64.2 Å². The van der Waals surface area contributed by atoms with Gasteiger partial charge in [0.15, 0.2) is 0 Å². The predicted molar refractivity (Wildman–Crippen MR) is 108 cm³/mol. The molecule has 4 nitrogen and oxygen atoms in total. The predicted octanol–water partition coefficient (Wildman–Crippen LogP) is 3.94. The van der Waals surface area contributed by atoms with Gasteiger partial charge >= 0.3 is 0 Å². The number of carbonyl (C=O) groups excluding carboxylic acids is 2. The number of hydrogen-bond acceptors (Lipinski definition) is 2. The number of rotatable bonds is 7. The van der Waals surface area contributed by atoms with Gasteiger partial charge in [-0.1, -0.05) is 49.6 Å². The molecule has 1 heterocycles. The first-order valence-electron chi connectivity index (χ1n) is 10.8. The van der Waals surface area contributed by atoms with Crippen LogP contribution in [0.15, 0.2) is 30.3 Å². The zero-order valence-electron chi connectivity index (χ0n) is 16.5. The molecule has 3 rings (SSSR count). The molecule has 0 radical (unpaired) electrons. The van der Waals surface area contributed by atoms with E-state index < -0.39 is 0 Å². The second kappa shape index (κ2) is 10.5. The van der Waals surface area contributed by atoms with Gasteiger partial charge in [0.1, 0.15) is 0 Å². The topological polar surface area (TPSA) is 49.4 Å². The van der Waals surface area contributed by atoms with Gasteiger partial charge in [0.05, 0.1) is 0 Å². The number of amides is 2. The zero-order valence-corrected chi connectivity index (χ0v) is 16.5. The third kappa shape index (κ3) is 6.37. The Morgan fingerprint density at radius 3 is 2.37 bits per heavy atom. The summed E-state index contributed by atoms with van der Waals surface area (Å²) in [6, 6.07) is 10.7. The van der Waals surface area contributed by atoms with Gasteiger partial charge in [-0.3, -0.25) is 9.59 Å². The maximum Gasteiger partial charge on any atom is 0.224 e. The Balaban J connectivity index is 1.29. The number of nitrogens with zero attached hydrogens (tertiary/aromatic N) is 1. The molecule has 1 aromatic carbocycles. The van der Waals surface area contributed by atoms with E-state index in [1.54, 1.807) is 0 Å². The van der Waals surface area contributed by atoms with E-state index in [1.165, 1.54) is 18.4 Å². The van der Waals surface area contributed by atoms with Crippen molar-refractivity contribution in [2.24, 2.45) is 11.8 Å². The number of piperidine rings is 1. The molecule has 0 aromatic heterocycles. The molecule has 0 atom stereocenters. The zero-order chi connectivity index (χ0) is 18.9. The minimum Gasteiger partial charge on any atom is -0.355 e. The Kier molecular flexibility index (Phi) is 7.73. The highest BCUT2D eigenvalue weighted by Gasteiger charge is 2.24. The summed E-state index contributed by atoms with van der Waals surface area (Å²) in [6.45, 7) is 2.23. The number of hydrogen-bond donors (Lipinski definition) is 1. The van der Waals surface area contributed by atoms with Crippen LogP contribution in [0.5, 0.6) is 0 Å². The molecule has 2 aliphatic rings. The van der Waals surface area contributed by atoms with Crippen molar-refractivity contribution in [3.8, 4) is 0 Å². The van der Waals surface area contributed by atoms with E-state index in [9.17, 15) is 9.59 Å². The summed E-state index contributed by atoms with van der Waals surface area (Å²) in [5.41, 5.74) is 1.41. The van der Waals surface area contributed by atoms with Gasteiger partial charge < -0.3 is 10.2 Å². The fourth-order valence-corrected chi connectivity index (χ4v) is 4.45. The summed E-state index contributed by atoms with van der Waals surface area (Å²) < 4.78 is 0. The average molecular weight is 371 g/mol. The van der Waals surface area contributed by atoms with E-state index >= 15 is 0 Å². The minimum absolute atomic E-state index is 0.155. The maximum atomic E-state index is 12.4. The van der Waals surface area contributed by atoms with E-state index in [2.05, 4.69) is 35.6 Å². The van der Waals surface area contributed by atoms with Gasteiger partial charge in [0.25, 0.3) is 0 Å². The molecule has 0 bridgehead atoms. The normalized spacial score (nSPS) is 19.0. The fourth-order valence-electron chi connectivity index (χ4n) is 4.45. The van der Waals surface area contributed by atoms with E-state index in [-0.39, 0.29) is 17.7 Å². The highest BCUT2D eigenvalue weighted by molar-refractivity contribution is 5.80. The molecular weight excluding hydrogens is 336 g/mol. The van der Waals surface area contributed by atoms with Crippen molar-refractivity contribution < 1.29 is 9.59 Å². The number of nitrogens with one attached hydrogen (secondary N) is 1. The van der Waals surface area contributed by atoms with Gasteiger partial charge in [0.2, 0.25) is 11.8 Å². The summed E-state index contributed by atoms with van der Waals surface area (Å²) in [5, 5.41) is 2.98. The molecule has 1 aliphatic heterocycles. The first-order valence-corrected chi connectivity index (χ1v) is 10.8. The lowest BCUT2D eigenvalue weighted by atomic mass is 9.88. The van der Waals surface area contributed by atoms with Gasteiger partial charge in [-0.25, -0.2) is 0 Å². The molecule has 1 aliphatic carbocycles. The highest BCUT2D eigenvalue weighted by atomic mass is 16.2. The molecule has 148 valence electrons. The maximum absolute atomic E-state index is 12.4. The van der Waals surface area contributed by atoms with Crippen molar-refractivity contribution in [1.82, 2.24) is 10.2 Å². The van der Waals surface area contributed by atoms with E-state index in [1.807, 2.05) is 4.90 Å². The molecule has 2 fully saturated rings. The highest BCUT2D eigenvalue weighted by Crippen LogP contribution is 2.24. The molecule has 2 amide bonds. The van der Waals surface area contributed by atoms with Crippen LogP contribution in [-0.4, -0.2) is 36.3 Å². The fraction of sp³-hybridized carbons (Fsp3) is 0.652. The standard InChI is InChI=1S/C23H34N2O2/c26-22(13-16-24-23(27)21-9-5-2-6-10-21)25-17-14-20(15-18-25)12-11-19-7-3-1-4-8-19/h1,3-4,7-8,20-21H,2,5-6,9-18H2,(H,24,27). The summed E-state index contributed by atoms with van der Waals surface area (Å²) >= 11 is 0. The Bertz CT molecular complexity index is 588. The minimum atomic E-state index is 0.155. The van der Waals surface area contributed by atoms with Crippen LogP contribution >= 0.6 is 0 Å². The van der Waals surface area contributed by atoms with E-state index in [4.69, 9.17) is 0 Å². The van der Waals surface area contributed by atoms with Crippen LogP contribution in [0.2, 0.25) is 0 Å². The Labute approximate surface area is 163 Å². The molecule has 27 heavy (non-hydrogen) atoms. The quantitative estimate of drug-likeness (QED) is 0.790. The largest absolute Gasteiger partial charge is 0.355 e. The SMILES string of the molecule is O=C(NCCC(=O)N1CCC(CCc2ccccc2)CC1)C1CCCCC1. The molecule has 1 saturated carbocycles. The van der Waals surface area contributed by atoms with E-state index in [0.29, 0.717) is 13.0 Å². The van der Waals surface area contributed by atoms with Crippen LogP contribution in [0.3, 0.4) is 0 Å². The summed E-state index contributed by atoms with van der Waals surface area (Å²) in [7, 11) is 0. The monoisotopic (exact) mass is 370 g/mol. The van der Waals surface area contributed by atoms with Crippen molar-refractivity contribution in [3.63, 3.8) is 0 Å². The third-order valence-electron chi connectivity index (χ3n) is 6.27. The first-order chi connectivity index (χ1) is 13.2. The number of carbonyl (C=O) groups is 2.